The van der Waals surface area contributed by atoms with Gasteiger partial charge in [-0.05, 0) is 0 Å². The van der Waals surface area contributed by atoms with Crippen LogP contribution in [-0.2, 0) is 6.42 Å². The first kappa shape index (κ1) is 10.2. The van der Waals surface area contributed by atoms with Gasteiger partial charge in [-0.1, -0.05) is 24.3 Å². The molecule has 0 atom stereocenters. The first-order chi connectivity index (χ1) is 8.34. The molecule has 0 amide bonds. The highest BCUT2D eigenvalue weighted by Crippen LogP contribution is 2.22. The van der Waals surface area contributed by atoms with Crippen LogP contribution in [0.5, 0.6) is 0 Å². The lowest BCUT2D eigenvalue weighted by Crippen LogP contribution is -2.00. The lowest BCUT2D eigenvalue weighted by Gasteiger charge is -2.04. The Kier molecular flexibility index (Phi) is 2.45. The molecule has 17 heavy (non-hydrogen) atoms. The monoisotopic (exact) mass is 242 g/mol. The van der Waals surface area contributed by atoms with Gasteiger partial charge in [0.15, 0.2) is 5.82 Å². The fourth-order valence-corrected chi connectivity index (χ4v) is 2.41. The number of thiazole rings is 1. The van der Waals surface area contributed by atoms with E-state index < -0.39 is 0 Å². The first-order valence-electron chi connectivity index (χ1n) is 5.23. The molecule has 0 bridgehead atoms. The van der Waals surface area contributed by atoms with E-state index in [1.54, 1.807) is 17.5 Å². The van der Waals surface area contributed by atoms with Gasteiger partial charge in [0.1, 0.15) is 0 Å². The molecule has 0 saturated carbocycles. The van der Waals surface area contributed by atoms with Gasteiger partial charge in [0.2, 0.25) is 0 Å². The number of benzene rings is 1. The van der Waals surface area contributed by atoms with Crippen LogP contribution in [0.25, 0.3) is 10.8 Å². The Morgan fingerprint density at radius 3 is 2.71 bits per heavy atom. The van der Waals surface area contributed by atoms with Gasteiger partial charge in [0.25, 0.3) is 0 Å². The zero-order valence-electron chi connectivity index (χ0n) is 9.00. The van der Waals surface area contributed by atoms with Crippen LogP contribution in [0.3, 0.4) is 0 Å². The maximum atomic E-state index is 5.81. The topological polar surface area (TPSA) is 64.7 Å². The molecule has 0 unspecified atom stereocenters. The Balaban J connectivity index is 2.14. The summed E-state index contributed by atoms with van der Waals surface area (Å²) in [6, 6.07) is 7.91. The molecule has 3 aromatic rings. The van der Waals surface area contributed by atoms with E-state index in [0.29, 0.717) is 12.2 Å². The van der Waals surface area contributed by atoms with Crippen molar-refractivity contribution in [2.24, 2.45) is 0 Å². The Morgan fingerprint density at radius 1 is 1.12 bits per heavy atom. The highest BCUT2D eigenvalue weighted by molar-refractivity contribution is 7.09. The Bertz CT molecular complexity index is 649. The summed E-state index contributed by atoms with van der Waals surface area (Å²) in [4.78, 5) is 4.26. The number of hydrogen-bond acceptors (Lipinski definition) is 5. The van der Waals surface area contributed by atoms with Crippen molar-refractivity contribution in [2.45, 2.75) is 6.42 Å². The van der Waals surface area contributed by atoms with E-state index in [1.165, 1.54) is 0 Å². The third-order valence-electron chi connectivity index (χ3n) is 2.59. The number of rotatable bonds is 2. The van der Waals surface area contributed by atoms with Crippen LogP contribution in [0.4, 0.5) is 5.82 Å². The normalized spacial score (nSPS) is 10.8. The molecule has 2 heterocycles. The minimum absolute atomic E-state index is 0.475. The summed E-state index contributed by atoms with van der Waals surface area (Å²) < 4.78 is 0. The second-order valence-electron chi connectivity index (χ2n) is 3.68. The number of nitrogens with zero attached hydrogens (tertiary/aromatic N) is 3. The van der Waals surface area contributed by atoms with Crippen molar-refractivity contribution in [3.8, 4) is 0 Å². The lowest BCUT2D eigenvalue weighted by molar-refractivity contribution is 0.958. The Hall–Kier alpha value is -2.01. The number of fused-ring (bicyclic) bond motifs is 1. The van der Waals surface area contributed by atoms with Gasteiger partial charge in [-0.25, -0.2) is 4.98 Å². The van der Waals surface area contributed by atoms with Gasteiger partial charge in [-0.3, -0.25) is 0 Å². The smallest absolute Gasteiger partial charge is 0.153 e. The molecule has 5 heteroatoms. The second-order valence-corrected chi connectivity index (χ2v) is 4.66. The molecule has 0 aliphatic rings. The largest absolute Gasteiger partial charge is 0.382 e. The summed E-state index contributed by atoms with van der Waals surface area (Å²) in [7, 11) is 0. The van der Waals surface area contributed by atoms with Gasteiger partial charge in [-0.2, -0.15) is 5.10 Å². The van der Waals surface area contributed by atoms with Gasteiger partial charge in [0, 0.05) is 28.8 Å². The number of nitrogen functional groups attached to an aromatic ring is 1. The van der Waals surface area contributed by atoms with Crippen LogP contribution in [0.2, 0.25) is 0 Å². The average Bonchev–Trinajstić information content (AvgIpc) is 2.86. The molecule has 0 spiro atoms. The highest BCUT2D eigenvalue weighted by Gasteiger charge is 2.08. The molecule has 1 aromatic carbocycles. The summed E-state index contributed by atoms with van der Waals surface area (Å²) in [6.45, 7) is 0. The summed E-state index contributed by atoms with van der Waals surface area (Å²) in [5.41, 5.74) is 6.73. The predicted molar refractivity (Wildman–Crippen MR) is 68.9 cm³/mol. The predicted octanol–water partition coefficient (Wildman–Crippen LogP) is 2.26. The molecular formula is C12H10N4S. The summed E-state index contributed by atoms with van der Waals surface area (Å²) >= 11 is 1.62. The molecule has 0 aliphatic heterocycles. The molecule has 2 N–H and O–H groups in total. The molecule has 0 fully saturated rings. The van der Waals surface area contributed by atoms with E-state index in [4.69, 9.17) is 5.73 Å². The Labute approximate surface area is 102 Å². The van der Waals surface area contributed by atoms with Gasteiger partial charge >= 0.3 is 0 Å². The van der Waals surface area contributed by atoms with E-state index in [9.17, 15) is 0 Å². The van der Waals surface area contributed by atoms with Gasteiger partial charge < -0.3 is 5.73 Å². The number of anilines is 1. The fraction of sp³-hybridized carbons (Fsp3) is 0.0833. The maximum absolute atomic E-state index is 5.81. The van der Waals surface area contributed by atoms with E-state index in [1.807, 2.05) is 29.6 Å². The zero-order valence-corrected chi connectivity index (χ0v) is 9.81. The van der Waals surface area contributed by atoms with Crippen LogP contribution < -0.4 is 5.73 Å². The van der Waals surface area contributed by atoms with Crippen molar-refractivity contribution in [1.82, 2.24) is 15.2 Å². The third-order valence-corrected chi connectivity index (χ3v) is 3.37. The lowest BCUT2D eigenvalue weighted by atomic mass is 10.1. The number of hydrogen-bond donors (Lipinski definition) is 1. The van der Waals surface area contributed by atoms with Crippen LogP contribution in [0.1, 0.15) is 10.7 Å². The number of aromatic nitrogens is 3. The standard InChI is InChI=1S/C12H10N4S/c13-12-9-4-2-1-3-8(9)10(15-16-12)7-11-14-5-6-17-11/h1-6H,7H2,(H2,13,16). The van der Waals surface area contributed by atoms with Crippen LogP contribution in [-0.4, -0.2) is 15.2 Å². The van der Waals surface area contributed by atoms with Gasteiger partial charge in [0.05, 0.1) is 10.7 Å². The van der Waals surface area contributed by atoms with Crippen LogP contribution >= 0.6 is 11.3 Å². The number of nitrogens with two attached hydrogens (primary N) is 1. The molecule has 0 radical (unpaired) electrons. The minimum atomic E-state index is 0.475. The molecule has 0 saturated heterocycles. The van der Waals surface area contributed by atoms with Crippen molar-refractivity contribution in [3.05, 3.63) is 46.5 Å². The second kappa shape index (κ2) is 4.10. The van der Waals surface area contributed by atoms with E-state index in [-0.39, 0.29) is 0 Å². The minimum Gasteiger partial charge on any atom is -0.382 e. The van der Waals surface area contributed by atoms with Crippen molar-refractivity contribution in [3.63, 3.8) is 0 Å². The Morgan fingerprint density at radius 2 is 1.94 bits per heavy atom. The molecular weight excluding hydrogens is 232 g/mol. The van der Waals surface area contributed by atoms with Crippen molar-refractivity contribution in [1.29, 1.82) is 0 Å². The molecule has 3 rings (SSSR count). The summed E-state index contributed by atoms with van der Waals surface area (Å²) in [6.07, 6.45) is 2.50. The zero-order chi connectivity index (χ0) is 11.7. The molecule has 84 valence electrons. The molecule has 4 nitrogen and oxygen atoms in total. The highest BCUT2D eigenvalue weighted by atomic mass is 32.1. The SMILES string of the molecule is Nc1nnc(Cc2nccs2)c2ccccc12. The first-order valence-corrected chi connectivity index (χ1v) is 6.10. The van der Waals surface area contributed by atoms with E-state index in [2.05, 4.69) is 15.2 Å². The average molecular weight is 242 g/mol. The van der Waals surface area contributed by atoms with Crippen molar-refractivity contribution < 1.29 is 0 Å². The van der Waals surface area contributed by atoms with Gasteiger partial charge in [-0.15, -0.1) is 16.4 Å². The maximum Gasteiger partial charge on any atom is 0.153 e. The summed E-state index contributed by atoms with van der Waals surface area (Å²) in [5.74, 6) is 0.475. The van der Waals surface area contributed by atoms with Crippen LogP contribution in [0.15, 0.2) is 35.8 Å². The summed E-state index contributed by atoms with van der Waals surface area (Å²) in [5, 5.41) is 13.2. The quantitative estimate of drug-likeness (QED) is 0.748. The van der Waals surface area contributed by atoms with Crippen LogP contribution in [0, 0.1) is 0 Å². The van der Waals surface area contributed by atoms with Crippen molar-refractivity contribution >= 4 is 27.9 Å². The third kappa shape index (κ3) is 1.85. The molecule has 2 aromatic heterocycles. The fourth-order valence-electron chi connectivity index (χ4n) is 1.79. The van der Waals surface area contributed by atoms with E-state index >= 15 is 0 Å². The van der Waals surface area contributed by atoms with E-state index in [0.717, 1.165) is 21.5 Å². The van der Waals surface area contributed by atoms with Crippen molar-refractivity contribution in [2.75, 3.05) is 5.73 Å². The molecule has 0 aliphatic carbocycles.